The third-order valence-corrected chi connectivity index (χ3v) is 8.10. The monoisotopic (exact) mass is 446 g/mol. The molecule has 0 amide bonds. The summed E-state index contributed by atoms with van der Waals surface area (Å²) < 4.78 is 30.3. The highest BCUT2D eigenvalue weighted by atomic mass is 31.2. The fourth-order valence-corrected chi connectivity index (χ4v) is 6.71. The molecule has 2 rings (SSSR count). The lowest BCUT2D eigenvalue weighted by Gasteiger charge is -2.22. The van der Waals surface area contributed by atoms with E-state index in [1.807, 2.05) is 32.9 Å². The largest absolute Gasteiger partial charge is 0.496 e. The van der Waals surface area contributed by atoms with Gasteiger partial charge in [-0.05, 0) is 37.8 Å². The highest BCUT2D eigenvalue weighted by Crippen LogP contribution is 2.56. The van der Waals surface area contributed by atoms with Crippen molar-refractivity contribution in [2.45, 2.75) is 34.6 Å². The van der Waals surface area contributed by atoms with Crippen LogP contribution in [0.5, 0.6) is 17.2 Å². The summed E-state index contributed by atoms with van der Waals surface area (Å²) in [7, 11) is 0.220. The van der Waals surface area contributed by atoms with Gasteiger partial charge in [0.25, 0.3) is 0 Å². The predicted molar refractivity (Wildman–Crippen MR) is 123 cm³/mol. The van der Waals surface area contributed by atoms with Crippen LogP contribution in [0.25, 0.3) is 0 Å². The van der Waals surface area contributed by atoms with Gasteiger partial charge in [0, 0.05) is 23.9 Å². The van der Waals surface area contributed by atoms with Gasteiger partial charge in [-0.15, -0.1) is 0 Å². The number of carbonyl (C=O) groups is 2. The van der Waals surface area contributed by atoms with Crippen molar-refractivity contribution in [3.8, 4) is 17.2 Å². The molecule has 1 unspecified atom stereocenters. The average molecular weight is 446 g/mol. The van der Waals surface area contributed by atoms with Crippen molar-refractivity contribution in [1.29, 1.82) is 0 Å². The molecule has 31 heavy (non-hydrogen) atoms. The van der Waals surface area contributed by atoms with Crippen LogP contribution in [0.2, 0.25) is 0 Å². The number of hydrogen-bond acceptors (Lipinski definition) is 6. The van der Waals surface area contributed by atoms with E-state index in [4.69, 9.17) is 14.2 Å². The van der Waals surface area contributed by atoms with Crippen molar-refractivity contribution in [2.75, 3.05) is 27.5 Å². The average Bonchev–Trinajstić information content (AvgIpc) is 2.70. The Hall–Kier alpha value is -2.59. The molecule has 0 aromatic heterocycles. The SMILES string of the molecule is COc1cc(OC)c(C(=O)P(=O)(CC(C)C)C(=O)c2c(C)cc(C)cc2C)c(OC)c1. The van der Waals surface area contributed by atoms with E-state index < -0.39 is 18.2 Å². The molecule has 0 saturated carbocycles. The first kappa shape index (κ1) is 24.7. The molecule has 0 aliphatic rings. The Morgan fingerprint density at radius 1 is 0.806 bits per heavy atom. The van der Waals surface area contributed by atoms with Crippen molar-refractivity contribution in [3.05, 3.63) is 52.1 Å². The number of rotatable bonds is 9. The van der Waals surface area contributed by atoms with Gasteiger partial charge in [-0.3, -0.25) is 9.59 Å². The predicted octanol–water partition coefficient (Wildman–Crippen LogP) is 5.64. The summed E-state index contributed by atoms with van der Waals surface area (Å²) in [6.07, 6.45) is -0.0459. The molecule has 6 nitrogen and oxygen atoms in total. The number of benzene rings is 2. The van der Waals surface area contributed by atoms with Gasteiger partial charge in [0.1, 0.15) is 22.8 Å². The van der Waals surface area contributed by atoms with E-state index in [9.17, 15) is 14.2 Å². The highest BCUT2D eigenvalue weighted by Gasteiger charge is 2.44. The van der Waals surface area contributed by atoms with Crippen molar-refractivity contribution in [2.24, 2.45) is 5.92 Å². The fourth-order valence-electron chi connectivity index (χ4n) is 3.87. The van der Waals surface area contributed by atoms with E-state index in [0.29, 0.717) is 22.4 Å². The summed E-state index contributed by atoms with van der Waals surface area (Å²) in [5, 5.41) is 0. The Kier molecular flexibility index (Phi) is 7.72. The first-order valence-electron chi connectivity index (χ1n) is 10.1. The Bertz CT molecular complexity index is 1010. The molecule has 0 aliphatic heterocycles. The van der Waals surface area contributed by atoms with Crippen LogP contribution in [0.3, 0.4) is 0 Å². The lowest BCUT2D eigenvalue weighted by atomic mass is 10.0. The van der Waals surface area contributed by atoms with E-state index in [0.717, 1.165) is 5.56 Å². The van der Waals surface area contributed by atoms with Crippen molar-refractivity contribution in [3.63, 3.8) is 0 Å². The molecule has 0 bridgehead atoms. The maximum absolute atomic E-state index is 14.3. The number of aryl methyl sites for hydroxylation is 3. The van der Waals surface area contributed by atoms with E-state index >= 15 is 0 Å². The maximum atomic E-state index is 14.3. The summed E-state index contributed by atoms with van der Waals surface area (Å²) in [6, 6.07) is 6.75. The molecule has 2 aromatic rings. The van der Waals surface area contributed by atoms with Crippen molar-refractivity contribution in [1.82, 2.24) is 0 Å². The number of carbonyl (C=O) groups excluding carboxylic acids is 2. The van der Waals surface area contributed by atoms with Crippen LogP contribution in [-0.4, -0.2) is 38.5 Å². The number of methoxy groups -OCH3 is 3. The summed E-state index contributed by atoms with van der Waals surface area (Å²) in [5.74, 6) is 0.575. The number of hydrogen-bond donors (Lipinski definition) is 0. The van der Waals surface area contributed by atoms with Crippen LogP contribution in [-0.2, 0) is 4.57 Å². The highest BCUT2D eigenvalue weighted by molar-refractivity contribution is 7.95. The Labute approximate surface area is 184 Å². The minimum Gasteiger partial charge on any atom is -0.496 e. The summed E-state index contributed by atoms with van der Waals surface area (Å²) in [5.41, 5.74) is 1.35. The molecule has 0 aliphatic carbocycles. The zero-order chi connectivity index (χ0) is 23.5. The van der Waals surface area contributed by atoms with Gasteiger partial charge in [0.05, 0.1) is 21.3 Å². The van der Waals surface area contributed by atoms with Gasteiger partial charge in [-0.25, -0.2) is 0 Å². The minimum atomic E-state index is -4.05. The maximum Gasteiger partial charge on any atom is 0.236 e. The van der Waals surface area contributed by atoms with Gasteiger partial charge < -0.3 is 18.8 Å². The summed E-state index contributed by atoms with van der Waals surface area (Å²) in [6.45, 7) is 9.20. The van der Waals surface area contributed by atoms with Gasteiger partial charge in [-0.2, -0.15) is 0 Å². The van der Waals surface area contributed by atoms with Crippen LogP contribution >= 0.6 is 7.14 Å². The molecule has 7 heteroatoms. The summed E-state index contributed by atoms with van der Waals surface area (Å²) in [4.78, 5) is 27.5. The van der Waals surface area contributed by atoms with Crippen molar-refractivity contribution < 1.29 is 28.4 Å². The molecule has 1 atom stereocenters. The Morgan fingerprint density at radius 3 is 1.65 bits per heavy atom. The first-order valence-corrected chi connectivity index (χ1v) is 12.0. The molecule has 0 saturated heterocycles. The van der Waals surface area contributed by atoms with E-state index in [2.05, 4.69) is 0 Å². The smallest absolute Gasteiger partial charge is 0.236 e. The molecule has 0 radical (unpaired) electrons. The fraction of sp³-hybridized carbons (Fsp3) is 0.417. The molecular formula is C24H31O6P. The van der Waals surface area contributed by atoms with E-state index in [-0.39, 0.29) is 29.1 Å². The summed E-state index contributed by atoms with van der Waals surface area (Å²) >= 11 is 0. The minimum absolute atomic E-state index is 0.00875. The van der Waals surface area contributed by atoms with E-state index in [1.54, 1.807) is 13.8 Å². The molecule has 168 valence electrons. The quantitative estimate of drug-likeness (QED) is 0.464. The second kappa shape index (κ2) is 9.69. The van der Waals surface area contributed by atoms with Crippen molar-refractivity contribution >= 4 is 18.2 Å². The Morgan fingerprint density at radius 2 is 1.26 bits per heavy atom. The normalized spacial score (nSPS) is 12.9. The molecule has 2 aromatic carbocycles. The first-order chi connectivity index (χ1) is 14.5. The topological polar surface area (TPSA) is 78.9 Å². The molecular weight excluding hydrogens is 415 g/mol. The van der Waals surface area contributed by atoms with Gasteiger partial charge in [0.2, 0.25) is 18.2 Å². The zero-order valence-corrected chi connectivity index (χ0v) is 20.4. The van der Waals surface area contributed by atoms with Crippen LogP contribution in [0.4, 0.5) is 0 Å². The van der Waals surface area contributed by atoms with Crippen LogP contribution in [0.15, 0.2) is 24.3 Å². The van der Waals surface area contributed by atoms with Gasteiger partial charge >= 0.3 is 0 Å². The second-order valence-corrected chi connectivity index (χ2v) is 10.8. The van der Waals surface area contributed by atoms with Gasteiger partial charge in [-0.1, -0.05) is 31.5 Å². The Balaban J connectivity index is 2.77. The van der Waals surface area contributed by atoms with Crippen LogP contribution < -0.4 is 14.2 Å². The standard InChI is InChI=1S/C24H31O6P/c1-14(2)13-31(27,23(25)21-16(4)9-15(3)10-17(21)5)24(26)22-19(29-7)11-18(28-6)12-20(22)30-8/h9-12,14H,13H2,1-8H3. The van der Waals surface area contributed by atoms with Crippen LogP contribution in [0, 0.1) is 26.7 Å². The zero-order valence-electron chi connectivity index (χ0n) is 19.5. The lowest BCUT2D eigenvalue weighted by Crippen LogP contribution is -2.19. The molecule has 0 fully saturated rings. The lowest BCUT2D eigenvalue weighted by molar-refractivity contribution is 0.103. The van der Waals surface area contributed by atoms with E-state index in [1.165, 1.54) is 33.5 Å². The molecule has 0 heterocycles. The molecule has 0 N–H and O–H groups in total. The van der Waals surface area contributed by atoms with Gasteiger partial charge in [0.15, 0.2) is 0 Å². The molecule has 0 spiro atoms. The van der Waals surface area contributed by atoms with Crippen LogP contribution in [0.1, 0.15) is 51.3 Å². The number of ether oxygens (including phenoxy) is 3. The second-order valence-electron chi connectivity index (χ2n) is 8.11. The third kappa shape index (κ3) is 4.85. The third-order valence-electron chi connectivity index (χ3n) is 5.10.